The van der Waals surface area contributed by atoms with Crippen molar-refractivity contribution in [1.82, 2.24) is 0 Å². The number of thiophene rings is 1. The van der Waals surface area contributed by atoms with Gasteiger partial charge in [-0.3, -0.25) is 4.79 Å². The number of hydrogen-bond donors (Lipinski definition) is 1. The average molecular weight is 418 g/mol. The number of ether oxygens (including phenoxy) is 1. The van der Waals surface area contributed by atoms with Gasteiger partial charge in [0.15, 0.2) is 0 Å². The first-order chi connectivity index (χ1) is 13.6. The highest BCUT2D eigenvalue weighted by Gasteiger charge is 2.26. The molecule has 2 aromatic rings. The molecule has 1 amide bonds. The van der Waals surface area contributed by atoms with Crippen molar-refractivity contribution in [2.45, 2.75) is 45.4 Å². The number of fused-ring (bicyclic) bond motifs is 1. The van der Waals surface area contributed by atoms with E-state index in [0.29, 0.717) is 22.2 Å². The lowest BCUT2D eigenvalue weighted by Gasteiger charge is -2.08. The van der Waals surface area contributed by atoms with Gasteiger partial charge in [0.1, 0.15) is 5.00 Å². The molecule has 1 aliphatic carbocycles. The molecule has 0 saturated heterocycles. The minimum atomic E-state index is -0.335. The van der Waals surface area contributed by atoms with Gasteiger partial charge in [0, 0.05) is 16.0 Å². The zero-order valence-electron chi connectivity index (χ0n) is 15.9. The van der Waals surface area contributed by atoms with Gasteiger partial charge in [-0.2, -0.15) is 0 Å². The van der Waals surface area contributed by atoms with Crippen LogP contribution in [0.4, 0.5) is 5.00 Å². The Hall–Kier alpha value is -2.11. The van der Waals surface area contributed by atoms with Crippen LogP contribution in [0.2, 0.25) is 5.02 Å². The van der Waals surface area contributed by atoms with Gasteiger partial charge >= 0.3 is 5.97 Å². The summed E-state index contributed by atoms with van der Waals surface area (Å²) in [6.07, 6.45) is 9.10. The van der Waals surface area contributed by atoms with Crippen LogP contribution in [0.1, 0.15) is 59.0 Å². The number of nitrogens with one attached hydrogen (secondary N) is 1. The van der Waals surface area contributed by atoms with E-state index in [4.69, 9.17) is 16.3 Å². The molecule has 0 radical (unpaired) electrons. The molecule has 4 nitrogen and oxygen atoms in total. The van der Waals surface area contributed by atoms with Crippen molar-refractivity contribution in [2.75, 3.05) is 11.9 Å². The second-order valence-electron chi connectivity index (χ2n) is 6.78. The lowest BCUT2D eigenvalue weighted by atomic mass is 10.1. The normalized spacial score (nSPS) is 13.8. The van der Waals surface area contributed by atoms with E-state index in [1.165, 1.54) is 22.3 Å². The maximum Gasteiger partial charge on any atom is 0.341 e. The standard InChI is InChI=1S/C22H24ClNO3S/c1-2-14-27-22(26)20-17-6-4-3-5-7-18(17)28-21(20)24-19(25)13-10-15-8-11-16(23)12-9-15/h8-13H,2-7,14H2,1H3,(H,24,25). The molecule has 1 N–H and O–H groups in total. The van der Waals surface area contributed by atoms with Crippen LogP contribution in [-0.2, 0) is 22.4 Å². The molecule has 3 rings (SSSR count). The predicted molar refractivity (Wildman–Crippen MR) is 115 cm³/mol. The third kappa shape index (κ3) is 5.24. The molecule has 6 heteroatoms. The molecule has 1 aliphatic rings. The number of anilines is 1. The lowest BCUT2D eigenvalue weighted by Crippen LogP contribution is -2.13. The molecular weight excluding hydrogens is 394 g/mol. The van der Waals surface area contributed by atoms with E-state index in [1.54, 1.807) is 18.2 Å². The van der Waals surface area contributed by atoms with E-state index >= 15 is 0 Å². The first kappa shape index (κ1) is 20.6. The first-order valence-electron chi connectivity index (χ1n) is 9.64. The Morgan fingerprint density at radius 1 is 1.18 bits per heavy atom. The van der Waals surface area contributed by atoms with Crippen LogP contribution in [-0.4, -0.2) is 18.5 Å². The predicted octanol–water partition coefficient (Wildman–Crippen LogP) is 5.89. The van der Waals surface area contributed by atoms with Crippen LogP contribution in [0.15, 0.2) is 30.3 Å². The van der Waals surface area contributed by atoms with E-state index < -0.39 is 0 Å². The van der Waals surface area contributed by atoms with Gasteiger partial charge in [-0.1, -0.05) is 37.1 Å². The van der Waals surface area contributed by atoms with Crippen molar-refractivity contribution in [3.8, 4) is 0 Å². The average Bonchev–Trinajstić information content (AvgIpc) is 2.86. The summed E-state index contributed by atoms with van der Waals surface area (Å²) in [5.41, 5.74) is 2.48. The monoisotopic (exact) mass is 417 g/mol. The largest absolute Gasteiger partial charge is 0.462 e. The number of benzene rings is 1. The van der Waals surface area contributed by atoms with Gasteiger partial charge in [-0.15, -0.1) is 11.3 Å². The Labute approximate surface area is 174 Å². The molecule has 0 aliphatic heterocycles. The molecular formula is C22H24ClNO3S. The topological polar surface area (TPSA) is 55.4 Å². The Bertz CT molecular complexity index is 871. The highest BCUT2D eigenvalue weighted by atomic mass is 35.5. The van der Waals surface area contributed by atoms with Crippen molar-refractivity contribution in [3.05, 3.63) is 56.9 Å². The quantitative estimate of drug-likeness (QED) is 0.362. The van der Waals surface area contributed by atoms with E-state index in [0.717, 1.165) is 49.7 Å². The summed E-state index contributed by atoms with van der Waals surface area (Å²) in [5.74, 6) is -0.603. The molecule has 0 fully saturated rings. The maximum atomic E-state index is 12.7. The molecule has 148 valence electrons. The number of aryl methyl sites for hydroxylation is 1. The van der Waals surface area contributed by atoms with Crippen LogP contribution >= 0.6 is 22.9 Å². The molecule has 28 heavy (non-hydrogen) atoms. The first-order valence-corrected chi connectivity index (χ1v) is 10.8. The number of halogens is 1. The SMILES string of the molecule is CCCOC(=O)c1c(NC(=O)C=Cc2ccc(Cl)cc2)sc2c1CCCCC2. The summed E-state index contributed by atoms with van der Waals surface area (Å²) in [6.45, 7) is 2.35. The molecule has 1 heterocycles. The zero-order valence-corrected chi connectivity index (χ0v) is 17.5. The van der Waals surface area contributed by atoms with Gasteiger partial charge in [0.25, 0.3) is 0 Å². The second kappa shape index (κ2) is 9.89. The molecule has 0 unspecified atom stereocenters. The number of amides is 1. The third-order valence-corrected chi connectivity index (χ3v) is 6.06. The van der Waals surface area contributed by atoms with Crippen LogP contribution in [0.25, 0.3) is 6.08 Å². The molecule has 1 aromatic heterocycles. The maximum absolute atomic E-state index is 12.7. The fourth-order valence-corrected chi connectivity index (χ4v) is 4.62. The fourth-order valence-electron chi connectivity index (χ4n) is 3.21. The Morgan fingerprint density at radius 3 is 2.68 bits per heavy atom. The summed E-state index contributed by atoms with van der Waals surface area (Å²) in [6, 6.07) is 7.23. The van der Waals surface area contributed by atoms with Crippen LogP contribution in [0.3, 0.4) is 0 Å². The summed E-state index contributed by atoms with van der Waals surface area (Å²) >= 11 is 7.39. The number of esters is 1. The molecule has 0 saturated carbocycles. The van der Waals surface area contributed by atoms with Crippen LogP contribution in [0, 0.1) is 0 Å². The summed E-state index contributed by atoms with van der Waals surface area (Å²) in [7, 11) is 0. The molecule has 0 atom stereocenters. The van der Waals surface area contributed by atoms with Crippen molar-refractivity contribution >= 4 is 45.9 Å². The Kier molecular flexibility index (Phi) is 7.29. The number of carbonyl (C=O) groups excluding carboxylic acids is 2. The van der Waals surface area contributed by atoms with E-state index in [2.05, 4.69) is 5.32 Å². The summed E-state index contributed by atoms with van der Waals surface area (Å²) in [5, 5.41) is 4.14. The van der Waals surface area contributed by atoms with Crippen molar-refractivity contribution < 1.29 is 14.3 Å². The lowest BCUT2D eigenvalue weighted by molar-refractivity contribution is -0.111. The van der Waals surface area contributed by atoms with E-state index in [9.17, 15) is 9.59 Å². The van der Waals surface area contributed by atoms with Crippen molar-refractivity contribution in [1.29, 1.82) is 0 Å². The number of carbonyl (C=O) groups is 2. The van der Waals surface area contributed by atoms with Gasteiger partial charge in [-0.25, -0.2) is 4.79 Å². The smallest absolute Gasteiger partial charge is 0.341 e. The van der Waals surface area contributed by atoms with Crippen molar-refractivity contribution in [3.63, 3.8) is 0 Å². The highest BCUT2D eigenvalue weighted by molar-refractivity contribution is 7.17. The number of hydrogen-bond acceptors (Lipinski definition) is 4. The van der Waals surface area contributed by atoms with Gasteiger partial charge < -0.3 is 10.1 Å². The van der Waals surface area contributed by atoms with Gasteiger partial charge in [-0.05, 0) is 61.4 Å². The molecule has 0 bridgehead atoms. The number of rotatable bonds is 6. The summed E-state index contributed by atoms with van der Waals surface area (Å²) < 4.78 is 5.39. The minimum absolute atomic E-state index is 0.268. The Morgan fingerprint density at radius 2 is 1.93 bits per heavy atom. The van der Waals surface area contributed by atoms with Crippen LogP contribution < -0.4 is 5.32 Å². The zero-order chi connectivity index (χ0) is 19.9. The van der Waals surface area contributed by atoms with Crippen molar-refractivity contribution in [2.24, 2.45) is 0 Å². The summed E-state index contributed by atoms with van der Waals surface area (Å²) in [4.78, 5) is 26.3. The Balaban J connectivity index is 1.80. The molecule has 1 aromatic carbocycles. The van der Waals surface area contributed by atoms with E-state index in [-0.39, 0.29) is 11.9 Å². The van der Waals surface area contributed by atoms with Crippen LogP contribution in [0.5, 0.6) is 0 Å². The minimum Gasteiger partial charge on any atom is -0.462 e. The van der Waals surface area contributed by atoms with E-state index in [1.807, 2.05) is 19.1 Å². The van der Waals surface area contributed by atoms with Gasteiger partial charge in [0.2, 0.25) is 5.91 Å². The highest BCUT2D eigenvalue weighted by Crippen LogP contribution is 2.38. The second-order valence-corrected chi connectivity index (χ2v) is 8.32. The fraction of sp³-hybridized carbons (Fsp3) is 0.364. The third-order valence-electron chi connectivity index (χ3n) is 4.60. The molecule has 0 spiro atoms. The van der Waals surface area contributed by atoms with Gasteiger partial charge in [0.05, 0.1) is 12.2 Å².